The summed E-state index contributed by atoms with van der Waals surface area (Å²) < 4.78 is 5.20. The molecule has 1 rings (SSSR count). The SMILES string of the molecule is CCNCc1ccccc1OC.[Cl-]. The minimum atomic E-state index is 0. The molecule has 0 radical (unpaired) electrons. The topological polar surface area (TPSA) is 21.3 Å². The minimum Gasteiger partial charge on any atom is -1.00 e. The minimum absolute atomic E-state index is 0. The molecule has 0 atom stereocenters. The van der Waals surface area contributed by atoms with Crippen LogP contribution in [0.15, 0.2) is 24.3 Å². The van der Waals surface area contributed by atoms with E-state index in [0.29, 0.717) is 0 Å². The Bertz CT molecular complexity index is 240. The van der Waals surface area contributed by atoms with E-state index in [1.54, 1.807) is 7.11 Å². The predicted molar refractivity (Wildman–Crippen MR) is 50.4 cm³/mol. The lowest BCUT2D eigenvalue weighted by molar-refractivity contribution is -0.00000288. The Kier molecular flexibility index (Phi) is 6.37. The van der Waals surface area contributed by atoms with Gasteiger partial charge in [-0.25, -0.2) is 0 Å². The van der Waals surface area contributed by atoms with Crippen LogP contribution in [0, 0.1) is 0 Å². The molecule has 0 aliphatic carbocycles. The van der Waals surface area contributed by atoms with E-state index in [0.717, 1.165) is 18.8 Å². The summed E-state index contributed by atoms with van der Waals surface area (Å²) in [6.07, 6.45) is 0. The van der Waals surface area contributed by atoms with Crippen molar-refractivity contribution < 1.29 is 17.1 Å². The van der Waals surface area contributed by atoms with Crippen molar-refractivity contribution in [3.63, 3.8) is 0 Å². The van der Waals surface area contributed by atoms with Crippen LogP contribution in [0.5, 0.6) is 5.75 Å². The fourth-order valence-corrected chi connectivity index (χ4v) is 1.11. The lowest BCUT2D eigenvalue weighted by Gasteiger charge is -2.07. The summed E-state index contributed by atoms with van der Waals surface area (Å²) in [6, 6.07) is 8.05. The van der Waals surface area contributed by atoms with Gasteiger partial charge in [0.15, 0.2) is 0 Å². The van der Waals surface area contributed by atoms with Crippen LogP contribution in [0.3, 0.4) is 0 Å². The first kappa shape index (κ1) is 12.3. The fraction of sp³-hybridized carbons (Fsp3) is 0.400. The molecule has 0 aromatic heterocycles. The summed E-state index contributed by atoms with van der Waals surface area (Å²) in [4.78, 5) is 0. The number of halogens is 1. The predicted octanol–water partition coefficient (Wildman–Crippen LogP) is -1.19. The lowest BCUT2D eigenvalue weighted by Crippen LogP contribution is -3.00. The molecule has 74 valence electrons. The summed E-state index contributed by atoms with van der Waals surface area (Å²) in [5.74, 6) is 0.957. The van der Waals surface area contributed by atoms with E-state index >= 15 is 0 Å². The van der Waals surface area contributed by atoms with Gasteiger partial charge in [-0.3, -0.25) is 0 Å². The number of benzene rings is 1. The lowest BCUT2D eigenvalue weighted by atomic mass is 10.2. The molecule has 0 saturated heterocycles. The van der Waals surface area contributed by atoms with E-state index in [4.69, 9.17) is 4.74 Å². The zero-order valence-corrected chi connectivity index (χ0v) is 8.77. The second kappa shape index (κ2) is 6.75. The maximum atomic E-state index is 5.20. The van der Waals surface area contributed by atoms with Crippen molar-refractivity contribution in [3.05, 3.63) is 29.8 Å². The third-order valence-electron chi connectivity index (χ3n) is 1.76. The van der Waals surface area contributed by atoms with Gasteiger partial charge in [0.2, 0.25) is 0 Å². The van der Waals surface area contributed by atoms with Crippen LogP contribution in [0.1, 0.15) is 12.5 Å². The maximum Gasteiger partial charge on any atom is 0.123 e. The Morgan fingerprint density at radius 1 is 1.31 bits per heavy atom. The first-order chi connectivity index (χ1) is 5.88. The van der Waals surface area contributed by atoms with Gasteiger partial charge in [-0.2, -0.15) is 0 Å². The highest BCUT2D eigenvalue weighted by molar-refractivity contribution is 5.32. The third kappa shape index (κ3) is 3.66. The van der Waals surface area contributed by atoms with Crippen molar-refractivity contribution in [2.45, 2.75) is 13.5 Å². The number of methoxy groups -OCH3 is 1. The van der Waals surface area contributed by atoms with Gasteiger partial charge in [-0.15, -0.1) is 0 Å². The Hall–Kier alpha value is -0.730. The molecule has 2 nitrogen and oxygen atoms in total. The Labute approximate surface area is 85.7 Å². The van der Waals surface area contributed by atoms with Gasteiger partial charge in [0.25, 0.3) is 0 Å². The second-order valence-corrected chi connectivity index (χ2v) is 2.59. The number of rotatable bonds is 4. The molecule has 1 aromatic carbocycles. The van der Waals surface area contributed by atoms with Gasteiger partial charge in [-0.1, -0.05) is 25.1 Å². The highest BCUT2D eigenvalue weighted by atomic mass is 35.5. The van der Waals surface area contributed by atoms with Crippen LogP contribution in [-0.4, -0.2) is 13.7 Å². The Morgan fingerprint density at radius 3 is 2.62 bits per heavy atom. The average molecular weight is 201 g/mol. The molecule has 13 heavy (non-hydrogen) atoms. The molecular formula is C10H15ClNO-. The maximum absolute atomic E-state index is 5.20. The zero-order valence-electron chi connectivity index (χ0n) is 8.01. The highest BCUT2D eigenvalue weighted by Gasteiger charge is 1.98. The van der Waals surface area contributed by atoms with Crippen LogP contribution >= 0.6 is 0 Å². The molecule has 0 bridgehead atoms. The number of hydrogen-bond acceptors (Lipinski definition) is 2. The molecule has 0 amide bonds. The standard InChI is InChI=1S/C10H15NO.ClH/c1-3-11-8-9-6-4-5-7-10(9)12-2;/h4-7,11H,3,8H2,1-2H3;1H/p-1. The summed E-state index contributed by atoms with van der Waals surface area (Å²) in [7, 11) is 1.70. The normalized spacial score (nSPS) is 9.08. The molecule has 1 aromatic rings. The molecule has 0 spiro atoms. The van der Waals surface area contributed by atoms with Crippen LogP contribution in [0.2, 0.25) is 0 Å². The zero-order chi connectivity index (χ0) is 8.81. The molecule has 0 saturated carbocycles. The van der Waals surface area contributed by atoms with Gasteiger partial charge in [-0.05, 0) is 12.6 Å². The largest absolute Gasteiger partial charge is 1.00 e. The van der Waals surface area contributed by atoms with Crippen LogP contribution < -0.4 is 22.5 Å². The smallest absolute Gasteiger partial charge is 0.123 e. The fourth-order valence-electron chi connectivity index (χ4n) is 1.11. The van der Waals surface area contributed by atoms with E-state index < -0.39 is 0 Å². The second-order valence-electron chi connectivity index (χ2n) is 2.59. The number of para-hydroxylation sites is 1. The quantitative estimate of drug-likeness (QED) is 0.660. The number of hydrogen-bond donors (Lipinski definition) is 1. The molecule has 3 heteroatoms. The number of ether oxygens (including phenoxy) is 1. The Morgan fingerprint density at radius 2 is 2.00 bits per heavy atom. The van der Waals surface area contributed by atoms with Crippen molar-refractivity contribution >= 4 is 0 Å². The summed E-state index contributed by atoms with van der Waals surface area (Å²) >= 11 is 0. The van der Waals surface area contributed by atoms with Gasteiger partial charge in [0.1, 0.15) is 5.75 Å². The first-order valence-electron chi connectivity index (χ1n) is 4.21. The van der Waals surface area contributed by atoms with E-state index in [-0.39, 0.29) is 12.4 Å². The van der Waals surface area contributed by atoms with E-state index in [1.165, 1.54) is 5.56 Å². The van der Waals surface area contributed by atoms with Gasteiger partial charge < -0.3 is 22.5 Å². The van der Waals surface area contributed by atoms with Crippen molar-refractivity contribution in [3.8, 4) is 5.75 Å². The van der Waals surface area contributed by atoms with Gasteiger partial charge >= 0.3 is 0 Å². The summed E-state index contributed by atoms with van der Waals surface area (Å²) in [5.41, 5.74) is 1.21. The van der Waals surface area contributed by atoms with Gasteiger partial charge in [0, 0.05) is 12.1 Å². The molecule has 0 unspecified atom stereocenters. The Balaban J connectivity index is 0.00000144. The molecule has 0 aliphatic rings. The molecular weight excluding hydrogens is 186 g/mol. The van der Waals surface area contributed by atoms with Crippen LogP contribution in [0.4, 0.5) is 0 Å². The van der Waals surface area contributed by atoms with E-state index in [1.807, 2.05) is 18.2 Å². The summed E-state index contributed by atoms with van der Waals surface area (Å²) in [5, 5.41) is 3.26. The van der Waals surface area contributed by atoms with Crippen LogP contribution in [0.25, 0.3) is 0 Å². The first-order valence-corrected chi connectivity index (χ1v) is 4.21. The van der Waals surface area contributed by atoms with Crippen molar-refractivity contribution in [1.29, 1.82) is 0 Å². The molecule has 0 heterocycles. The van der Waals surface area contributed by atoms with Crippen molar-refractivity contribution in [1.82, 2.24) is 5.32 Å². The van der Waals surface area contributed by atoms with Crippen molar-refractivity contribution in [2.24, 2.45) is 0 Å². The molecule has 1 N–H and O–H groups in total. The monoisotopic (exact) mass is 200 g/mol. The highest BCUT2D eigenvalue weighted by Crippen LogP contribution is 2.16. The van der Waals surface area contributed by atoms with Gasteiger partial charge in [0.05, 0.1) is 7.11 Å². The molecule has 0 aliphatic heterocycles. The third-order valence-corrected chi connectivity index (χ3v) is 1.76. The average Bonchev–Trinajstić information content (AvgIpc) is 2.15. The number of nitrogens with one attached hydrogen (secondary N) is 1. The van der Waals surface area contributed by atoms with Crippen molar-refractivity contribution in [2.75, 3.05) is 13.7 Å². The van der Waals surface area contributed by atoms with E-state index in [9.17, 15) is 0 Å². The van der Waals surface area contributed by atoms with Crippen LogP contribution in [-0.2, 0) is 6.54 Å². The van der Waals surface area contributed by atoms with E-state index in [2.05, 4.69) is 18.3 Å². The molecule has 0 fully saturated rings. The summed E-state index contributed by atoms with van der Waals surface area (Å²) in [6.45, 7) is 3.95.